The van der Waals surface area contributed by atoms with Crippen molar-refractivity contribution in [3.05, 3.63) is 35.6 Å². The summed E-state index contributed by atoms with van der Waals surface area (Å²) < 4.78 is 0. The molecule has 0 aliphatic carbocycles. The van der Waals surface area contributed by atoms with Crippen molar-refractivity contribution < 1.29 is 14.7 Å². The van der Waals surface area contributed by atoms with Crippen LogP contribution in [-0.2, 0) is 0 Å². The third-order valence-electron chi connectivity index (χ3n) is 1.68. The van der Waals surface area contributed by atoms with Crippen LogP contribution in [0.15, 0.2) is 29.9 Å². The van der Waals surface area contributed by atoms with Crippen molar-refractivity contribution in [2.45, 2.75) is 0 Å². The summed E-state index contributed by atoms with van der Waals surface area (Å²) in [6.45, 7) is 3.56. The maximum Gasteiger partial charge on any atom is 0.354 e. The fourth-order valence-electron chi connectivity index (χ4n) is 0.946. The Morgan fingerprint density at radius 2 is 2.18 bits per heavy atom. The number of nitrogens with zero attached hydrogens (tertiary/aromatic N) is 1. The van der Waals surface area contributed by atoms with Crippen LogP contribution in [0.25, 0.3) is 0 Å². The second-order valence-corrected chi connectivity index (χ2v) is 3.60. The molecule has 0 aliphatic heterocycles. The third kappa shape index (κ3) is 4.52. The van der Waals surface area contributed by atoms with Gasteiger partial charge in [0, 0.05) is 5.03 Å². The number of aromatic nitrogens is 1. The predicted octanol–water partition coefficient (Wildman–Crippen LogP) is 1.65. The molecule has 0 saturated heterocycles. The summed E-state index contributed by atoms with van der Waals surface area (Å²) in [5.41, 5.74) is 0.290. The lowest BCUT2D eigenvalue weighted by Gasteiger charge is -2.06. The number of carboxylic acids is 1. The average Bonchev–Trinajstić information content (AvgIpc) is 2.27. The molecule has 0 unspecified atom stereocenters. The first-order chi connectivity index (χ1) is 7.99. The first-order valence-corrected chi connectivity index (χ1v) is 4.94. The van der Waals surface area contributed by atoms with Crippen LogP contribution >= 0.6 is 11.6 Å². The molecule has 0 aromatic carbocycles. The number of aromatic carboxylic acids is 1. The topological polar surface area (TPSA) is 91.3 Å². The Kier molecular flexibility index (Phi) is 4.47. The number of hydrogen-bond donors (Lipinski definition) is 3. The second kappa shape index (κ2) is 5.86. The van der Waals surface area contributed by atoms with Gasteiger partial charge in [0.1, 0.15) is 5.69 Å². The van der Waals surface area contributed by atoms with Gasteiger partial charge in [-0.1, -0.05) is 18.2 Å². The van der Waals surface area contributed by atoms with Crippen molar-refractivity contribution in [2.75, 3.05) is 11.9 Å². The molecule has 1 aromatic heterocycles. The number of urea groups is 1. The van der Waals surface area contributed by atoms with Crippen LogP contribution in [0, 0.1) is 0 Å². The molecule has 3 N–H and O–H groups in total. The van der Waals surface area contributed by atoms with E-state index in [1.807, 2.05) is 0 Å². The normalized spacial score (nSPS) is 9.47. The van der Waals surface area contributed by atoms with E-state index in [0.29, 0.717) is 10.7 Å². The van der Waals surface area contributed by atoms with E-state index < -0.39 is 12.0 Å². The molecular weight excluding hydrogens is 246 g/mol. The van der Waals surface area contributed by atoms with Gasteiger partial charge in [0.2, 0.25) is 0 Å². The van der Waals surface area contributed by atoms with E-state index in [1.165, 1.54) is 18.3 Å². The monoisotopic (exact) mass is 255 g/mol. The van der Waals surface area contributed by atoms with Gasteiger partial charge in [0.25, 0.3) is 0 Å². The lowest BCUT2D eigenvalue weighted by Crippen LogP contribution is -2.29. The van der Waals surface area contributed by atoms with Gasteiger partial charge >= 0.3 is 12.0 Å². The van der Waals surface area contributed by atoms with Gasteiger partial charge in [0.05, 0.1) is 18.4 Å². The molecule has 90 valence electrons. The minimum Gasteiger partial charge on any atom is -0.477 e. The Balaban J connectivity index is 2.54. The van der Waals surface area contributed by atoms with Gasteiger partial charge in [-0.2, -0.15) is 0 Å². The number of hydrogen-bond acceptors (Lipinski definition) is 3. The van der Waals surface area contributed by atoms with E-state index in [2.05, 4.69) is 22.2 Å². The maximum atomic E-state index is 11.3. The van der Waals surface area contributed by atoms with Crippen molar-refractivity contribution in [3.8, 4) is 0 Å². The summed E-state index contributed by atoms with van der Waals surface area (Å²) in [6, 6.07) is 2.25. The molecule has 1 aromatic rings. The predicted molar refractivity (Wildman–Crippen MR) is 63.2 cm³/mol. The first-order valence-electron chi connectivity index (χ1n) is 4.56. The lowest BCUT2D eigenvalue weighted by molar-refractivity contribution is 0.0690. The number of rotatable bonds is 4. The Hall–Kier alpha value is -2.08. The van der Waals surface area contributed by atoms with E-state index in [0.717, 1.165) is 0 Å². The summed E-state index contributed by atoms with van der Waals surface area (Å²) in [7, 11) is 0. The highest BCUT2D eigenvalue weighted by Crippen LogP contribution is 2.06. The van der Waals surface area contributed by atoms with Gasteiger partial charge < -0.3 is 15.7 Å². The van der Waals surface area contributed by atoms with Crippen LogP contribution in [0.2, 0.25) is 0 Å². The molecule has 0 spiro atoms. The minimum atomic E-state index is -1.13. The highest BCUT2D eigenvalue weighted by Gasteiger charge is 2.05. The van der Waals surface area contributed by atoms with Gasteiger partial charge in [-0.25, -0.2) is 14.6 Å². The van der Waals surface area contributed by atoms with Crippen LogP contribution < -0.4 is 10.6 Å². The highest BCUT2D eigenvalue weighted by molar-refractivity contribution is 6.29. The molecule has 0 atom stereocenters. The zero-order valence-corrected chi connectivity index (χ0v) is 9.49. The number of nitrogens with one attached hydrogen (secondary N) is 2. The van der Waals surface area contributed by atoms with Crippen molar-refractivity contribution in [2.24, 2.45) is 0 Å². The molecular formula is C10H10ClN3O3. The molecule has 1 rings (SSSR count). The quantitative estimate of drug-likeness (QED) is 0.763. The molecule has 7 heteroatoms. The molecule has 0 radical (unpaired) electrons. The summed E-state index contributed by atoms with van der Waals surface area (Å²) in [5, 5.41) is 13.8. The van der Waals surface area contributed by atoms with Crippen molar-refractivity contribution in [1.82, 2.24) is 10.3 Å². The van der Waals surface area contributed by atoms with Crippen LogP contribution in [0.3, 0.4) is 0 Å². The molecule has 17 heavy (non-hydrogen) atoms. The minimum absolute atomic E-state index is 0.0925. The van der Waals surface area contributed by atoms with Gasteiger partial charge in [-0.05, 0) is 12.1 Å². The van der Waals surface area contributed by atoms with E-state index in [4.69, 9.17) is 16.7 Å². The highest BCUT2D eigenvalue weighted by atomic mass is 35.5. The van der Waals surface area contributed by atoms with Gasteiger partial charge in [0.15, 0.2) is 0 Å². The molecule has 1 heterocycles. The molecule has 2 amide bonds. The van der Waals surface area contributed by atoms with Crippen LogP contribution in [-0.4, -0.2) is 28.6 Å². The molecule has 6 nitrogen and oxygen atoms in total. The fourth-order valence-corrected chi connectivity index (χ4v) is 1.01. The smallest absolute Gasteiger partial charge is 0.354 e. The zero-order valence-electron chi connectivity index (χ0n) is 8.74. The van der Waals surface area contributed by atoms with Crippen LogP contribution in [0.5, 0.6) is 0 Å². The van der Waals surface area contributed by atoms with Gasteiger partial charge in [-0.15, -0.1) is 0 Å². The van der Waals surface area contributed by atoms with Crippen LogP contribution in [0.4, 0.5) is 10.5 Å². The second-order valence-electron chi connectivity index (χ2n) is 3.06. The van der Waals surface area contributed by atoms with E-state index >= 15 is 0 Å². The summed E-state index contributed by atoms with van der Waals surface area (Å²) >= 11 is 5.47. The summed E-state index contributed by atoms with van der Waals surface area (Å²) in [6.07, 6.45) is 1.25. The number of carboxylic acid groups (broad SMARTS) is 1. The van der Waals surface area contributed by atoms with Gasteiger partial charge in [-0.3, -0.25) is 0 Å². The Labute approximate surface area is 102 Å². The number of pyridine rings is 1. The van der Waals surface area contributed by atoms with Crippen molar-refractivity contribution in [3.63, 3.8) is 0 Å². The number of amides is 2. The fraction of sp³-hybridized carbons (Fsp3) is 0.100. The summed E-state index contributed by atoms with van der Waals surface area (Å²) in [4.78, 5) is 25.4. The number of carbonyl (C=O) groups excluding carboxylic acids is 1. The lowest BCUT2D eigenvalue weighted by atomic mass is 10.3. The molecule has 0 saturated carbocycles. The molecule has 0 fully saturated rings. The Morgan fingerprint density at radius 3 is 2.65 bits per heavy atom. The van der Waals surface area contributed by atoms with Crippen LogP contribution in [0.1, 0.15) is 10.5 Å². The number of anilines is 1. The van der Waals surface area contributed by atoms with Crippen molar-refractivity contribution >= 4 is 29.3 Å². The van der Waals surface area contributed by atoms with E-state index in [1.54, 1.807) is 0 Å². The Morgan fingerprint density at radius 1 is 1.47 bits per heavy atom. The SMILES string of the molecule is C=C(Cl)CNC(=O)Nc1ccc(C(=O)O)nc1. The molecule has 0 bridgehead atoms. The van der Waals surface area contributed by atoms with Crippen molar-refractivity contribution in [1.29, 1.82) is 0 Å². The van der Waals surface area contributed by atoms with E-state index in [-0.39, 0.29) is 12.2 Å². The molecule has 0 aliphatic rings. The summed E-state index contributed by atoms with van der Waals surface area (Å²) in [5.74, 6) is -1.13. The average molecular weight is 256 g/mol. The standard InChI is InChI=1S/C10H10ClN3O3/c1-6(11)4-13-10(17)14-7-2-3-8(9(15)16)12-5-7/h2-3,5H,1,4H2,(H,15,16)(H2,13,14,17). The van der Waals surface area contributed by atoms with E-state index in [9.17, 15) is 9.59 Å². The Bertz CT molecular complexity index is 445. The zero-order chi connectivity index (χ0) is 12.8. The first kappa shape index (κ1) is 13.0. The maximum absolute atomic E-state index is 11.3. The third-order valence-corrected chi connectivity index (χ3v) is 1.81. The largest absolute Gasteiger partial charge is 0.477 e. The number of halogens is 1. The number of carbonyl (C=O) groups is 2.